The molecule has 1 aromatic rings. The molecule has 1 aromatic heterocycles. The lowest BCUT2D eigenvalue weighted by atomic mass is 10.3. The van der Waals surface area contributed by atoms with E-state index >= 15 is 0 Å². The smallest absolute Gasteiger partial charge is 0.225 e. The number of aromatic nitrogens is 2. The van der Waals surface area contributed by atoms with Crippen molar-refractivity contribution in [1.29, 1.82) is 0 Å². The molecule has 1 heterocycles. The van der Waals surface area contributed by atoms with E-state index in [4.69, 9.17) is 5.73 Å². The normalized spacial score (nSPS) is 11.4. The van der Waals surface area contributed by atoms with Gasteiger partial charge in [-0.2, -0.15) is 0 Å². The number of hydrogen-bond donors (Lipinski definition) is 2. The van der Waals surface area contributed by atoms with Crippen molar-refractivity contribution < 1.29 is 0 Å². The zero-order valence-corrected chi connectivity index (χ0v) is 10.2. The van der Waals surface area contributed by atoms with Crippen molar-refractivity contribution in [3.63, 3.8) is 0 Å². The van der Waals surface area contributed by atoms with Gasteiger partial charge in [-0.1, -0.05) is 0 Å². The van der Waals surface area contributed by atoms with Crippen molar-refractivity contribution in [3.05, 3.63) is 17.5 Å². The number of aliphatic imine (C=N–C) groups is 1. The molecule has 0 spiro atoms. The number of anilines is 1. The van der Waals surface area contributed by atoms with Crippen LogP contribution in [0.5, 0.6) is 0 Å². The van der Waals surface area contributed by atoms with Gasteiger partial charge in [-0.05, 0) is 13.0 Å². The van der Waals surface area contributed by atoms with Crippen molar-refractivity contribution in [3.8, 4) is 0 Å². The molecule has 0 aliphatic heterocycles. The minimum absolute atomic E-state index is 0.405. The van der Waals surface area contributed by atoms with E-state index in [0.717, 1.165) is 11.4 Å². The standard InChI is InChI=1S/C10H18N6/c1-7-5-8(6-13-9(11)12-2)15-10(14-7)16(3)4/h5H,6H2,1-4H3,(H3,11,12,13). The van der Waals surface area contributed by atoms with Gasteiger partial charge in [-0.3, -0.25) is 4.99 Å². The molecule has 0 aliphatic carbocycles. The fourth-order valence-corrected chi connectivity index (χ4v) is 1.17. The number of rotatable bonds is 3. The Labute approximate surface area is 95.6 Å². The van der Waals surface area contributed by atoms with Crippen molar-refractivity contribution in [1.82, 2.24) is 15.3 Å². The summed E-state index contributed by atoms with van der Waals surface area (Å²) >= 11 is 0. The molecular formula is C10H18N6. The largest absolute Gasteiger partial charge is 0.370 e. The predicted octanol–water partition coefficient (Wildman–Crippen LogP) is -0.115. The van der Waals surface area contributed by atoms with Gasteiger partial charge < -0.3 is 16.0 Å². The Morgan fingerprint density at radius 3 is 2.75 bits per heavy atom. The fraction of sp³-hybridized carbons (Fsp3) is 0.500. The second kappa shape index (κ2) is 5.29. The van der Waals surface area contributed by atoms with Gasteiger partial charge in [-0.15, -0.1) is 0 Å². The Balaban J connectivity index is 2.80. The predicted molar refractivity (Wildman–Crippen MR) is 65.5 cm³/mol. The molecule has 1 rings (SSSR count). The minimum atomic E-state index is 0.405. The van der Waals surface area contributed by atoms with Crippen LogP contribution in [0.2, 0.25) is 0 Å². The summed E-state index contributed by atoms with van der Waals surface area (Å²) in [7, 11) is 5.46. The molecule has 0 fully saturated rings. The van der Waals surface area contributed by atoms with Crippen LogP contribution >= 0.6 is 0 Å². The van der Waals surface area contributed by atoms with E-state index in [1.54, 1.807) is 7.05 Å². The average molecular weight is 222 g/mol. The first-order valence-corrected chi connectivity index (χ1v) is 5.01. The van der Waals surface area contributed by atoms with E-state index in [0.29, 0.717) is 18.5 Å². The molecule has 0 atom stereocenters. The van der Waals surface area contributed by atoms with Crippen LogP contribution in [-0.2, 0) is 6.54 Å². The van der Waals surface area contributed by atoms with Crippen LogP contribution in [0.3, 0.4) is 0 Å². The van der Waals surface area contributed by atoms with E-state index < -0.39 is 0 Å². The summed E-state index contributed by atoms with van der Waals surface area (Å²) in [4.78, 5) is 14.4. The van der Waals surface area contributed by atoms with E-state index in [1.165, 1.54) is 0 Å². The molecule has 0 unspecified atom stereocenters. The Morgan fingerprint density at radius 2 is 2.19 bits per heavy atom. The Kier molecular flexibility index (Phi) is 4.04. The number of hydrogen-bond acceptors (Lipinski definition) is 4. The highest BCUT2D eigenvalue weighted by atomic mass is 15.2. The topological polar surface area (TPSA) is 79.4 Å². The summed E-state index contributed by atoms with van der Waals surface area (Å²) < 4.78 is 0. The highest BCUT2D eigenvalue weighted by molar-refractivity contribution is 5.77. The van der Waals surface area contributed by atoms with Gasteiger partial charge >= 0.3 is 0 Å². The van der Waals surface area contributed by atoms with Crippen LogP contribution in [-0.4, -0.2) is 37.1 Å². The highest BCUT2D eigenvalue weighted by Crippen LogP contribution is 2.06. The molecule has 6 heteroatoms. The molecule has 88 valence electrons. The first kappa shape index (κ1) is 12.2. The summed E-state index contributed by atoms with van der Waals surface area (Å²) in [6, 6.07) is 1.92. The molecule has 3 N–H and O–H groups in total. The van der Waals surface area contributed by atoms with Gasteiger partial charge in [0.05, 0.1) is 12.2 Å². The molecular weight excluding hydrogens is 204 g/mol. The molecule has 16 heavy (non-hydrogen) atoms. The number of aryl methyl sites for hydroxylation is 1. The second-order valence-corrected chi connectivity index (χ2v) is 3.66. The number of nitrogens with two attached hydrogens (primary N) is 1. The fourth-order valence-electron chi connectivity index (χ4n) is 1.17. The molecule has 0 bridgehead atoms. The third-order valence-electron chi connectivity index (χ3n) is 1.99. The van der Waals surface area contributed by atoms with Crippen molar-refractivity contribution in [2.24, 2.45) is 10.7 Å². The lowest BCUT2D eigenvalue weighted by molar-refractivity contribution is 0.837. The van der Waals surface area contributed by atoms with Crippen LogP contribution in [0.15, 0.2) is 11.1 Å². The quantitative estimate of drug-likeness (QED) is 0.551. The summed E-state index contributed by atoms with van der Waals surface area (Å²) in [5, 5.41) is 2.96. The third kappa shape index (κ3) is 3.38. The van der Waals surface area contributed by atoms with E-state index in [2.05, 4.69) is 20.3 Å². The van der Waals surface area contributed by atoms with Crippen molar-refractivity contribution in [2.75, 3.05) is 26.0 Å². The third-order valence-corrected chi connectivity index (χ3v) is 1.99. The van der Waals surface area contributed by atoms with Gasteiger partial charge in [0.1, 0.15) is 0 Å². The van der Waals surface area contributed by atoms with Gasteiger partial charge in [0.2, 0.25) is 5.95 Å². The van der Waals surface area contributed by atoms with Gasteiger partial charge in [-0.25, -0.2) is 9.97 Å². The van der Waals surface area contributed by atoms with Crippen LogP contribution in [0.4, 0.5) is 5.95 Å². The molecule has 0 amide bonds. The minimum Gasteiger partial charge on any atom is -0.370 e. The maximum Gasteiger partial charge on any atom is 0.225 e. The summed E-state index contributed by atoms with van der Waals surface area (Å²) in [5.41, 5.74) is 7.37. The van der Waals surface area contributed by atoms with E-state index in [9.17, 15) is 0 Å². The maximum absolute atomic E-state index is 5.54. The van der Waals surface area contributed by atoms with Crippen LogP contribution in [0.1, 0.15) is 11.4 Å². The van der Waals surface area contributed by atoms with Gasteiger partial charge in [0.25, 0.3) is 0 Å². The molecule has 0 aliphatic rings. The SMILES string of the molecule is CN=C(N)NCc1cc(C)nc(N(C)C)n1. The highest BCUT2D eigenvalue weighted by Gasteiger charge is 2.03. The monoisotopic (exact) mass is 222 g/mol. The zero-order chi connectivity index (χ0) is 12.1. The van der Waals surface area contributed by atoms with Gasteiger partial charge in [0.15, 0.2) is 5.96 Å². The number of nitrogens with one attached hydrogen (secondary N) is 1. The van der Waals surface area contributed by atoms with Crippen molar-refractivity contribution >= 4 is 11.9 Å². The first-order valence-electron chi connectivity index (χ1n) is 5.01. The lowest BCUT2D eigenvalue weighted by Crippen LogP contribution is -2.31. The van der Waals surface area contributed by atoms with Crippen LogP contribution < -0.4 is 16.0 Å². The van der Waals surface area contributed by atoms with Crippen LogP contribution in [0.25, 0.3) is 0 Å². The van der Waals surface area contributed by atoms with Crippen LogP contribution in [0, 0.1) is 6.92 Å². The Bertz CT molecular complexity index is 385. The average Bonchev–Trinajstić information content (AvgIpc) is 2.25. The van der Waals surface area contributed by atoms with Crippen molar-refractivity contribution in [2.45, 2.75) is 13.5 Å². The maximum atomic E-state index is 5.54. The Hall–Kier alpha value is -1.85. The second-order valence-electron chi connectivity index (χ2n) is 3.66. The Morgan fingerprint density at radius 1 is 1.50 bits per heavy atom. The lowest BCUT2D eigenvalue weighted by Gasteiger charge is -2.12. The van der Waals surface area contributed by atoms with E-state index in [1.807, 2.05) is 32.0 Å². The zero-order valence-electron chi connectivity index (χ0n) is 10.2. The molecule has 6 nitrogen and oxygen atoms in total. The molecule has 0 saturated heterocycles. The number of nitrogens with zero attached hydrogens (tertiary/aromatic N) is 4. The van der Waals surface area contributed by atoms with Gasteiger partial charge in [0, 0.05) is 26.8 Å². The summed E-state index contributed by atoms with van der Waals surface area (Å²) in [5.74, 6) is 1.10. The summed E-state index contributed by atoms with van der Waals surface area (Å²) in [6.07, 6.45) is 0. The molecule has 0 saturated carbocycles. The molecule has 0 radical (unpaired) electrons. The number of guanidine groups is 1. The first-order chi connectivity index (χ1) is 7.52. The van der Waals surface area contributed by atoms with E-state index in [-0.39, 0.29) is 0 Å². The summed E-state index contributed by atoms with van der Waals surface area (Å²) in [6.45, 7) is 2.49. The molecule has 0 aromatic carbocycles.